The van der Waals surface area contributed by atoms with Gasteiger partial charge in [0.15, 0.2) is 0 Å². The number of halogens is 1. The molecular weight excluding hydrogens is 389 g/mol. The second-order valence-electron chi connectivity index (χ2n) is 8.10. The molecule has 0 unspecified atom stereocenters. The van der Waals surface area contributed by atoms with E-state index in [0.29, 0.717) is 17.4 Å². The Balaban J connectivity index is 1.63. The average Bonchev–Trinajstić information content (AvgIpc) is 2.69. The quantitative estimate of drug-likeness (QED) is 0.717. The minimum absolute atomic E-state index is 0.00146. The molecule has 4 rings (SSSR count). The zero-order valence-electron chi connectivity index (χ0n) is 16.9. The maximum absolute atomic E-state index is 14.1. The van der Waals surface area contributed by atoms with E-state index in [1.54, 1.807) is 13.0 Å². The fraction of sp³-hybridized carbons (Fsp3) is 0.429. The lowest BCUT2D eigenvalue weighted by atomic mass is 9.92. The van der Waals surface area contributed by atoms with Crippen molar-refractivity contribution < 1.29 is 14.0 Å². The topological polar surface area (TPSA) is 107 Å². The van der Waals surface area contributed by atoms with Gasteiger partial charge in [0, 0.05) is 19.5 Å². The van der Waals surface area contributed by atoms with Crippen LogP contribution in [0, 0.1) is 18.7 Å². The lowest BCUT2D eigenvalue weighted by molar-refractivity contribution is -0.123. The van der Waals surface area contributed by atoms with E-state index in [-0.39, 0.29) is 23.5 Å². The smallest absolute Gasteiger partial charge is 0.258 e. The van der Waals surface area contributed by atoms with Gasteiger partial charge in [0.1, 0.15) is 11.6 Å². The Kier molecular flexibility index (Phi) is 5.27. The first-order valence-electron chi connectivity index (χ1n) is 10.1. The number of piperidine rings is 1. The van der Waals surface area contributed by atoms with Crippen molar-refractivity contribution in [3.8, 4) is 0 Å². The van der Waals surface area contributed by atoms with Crippen LogP contribution in [0.1, 0.15) is 43.2 Å². The molecule has 9 heteroatoms. The van der Waals surface area contributed by atoms with Gasteiger partial charge in [-0.3, -0.25) is 19.4 Å². The Labute approximate surface area is 172 Å². The third kappa shape index (κ3) is 3.92. The van der Waals surface area contributed by atoms with Crippen molar-refractivity contribution in [1.82, 2.24) is 9.97 Å². The maximum atomic E-state index is 14.1. The van der Waals surface area contributed by atoms with E-state index in [9.17, 15) is 18.8 Å². The van der Waals surface area contributed by atoms with E-state index in [2.05, 4.69) is 27.5 Å². The van der Waals surface area contributed by atoms with Gasteiger partial charge in [-0.25, -0.2) is 4.39 Å². The van der Waals surface area contributed by atoms with Gasteiger partial charge in [0.25, 0.3) is 5.56 Å². The highest BCUT2D eigenvalue weighted by Gasteiger charge is 2.35. The third-order valence-corrected chi connectivity index (χ3v) is 5.72. The van der Waals surface area contributed by atoms with Gasteiger partial charge < -0.3 is 15.5 Å². The second kappa shape index (κ2) is 7.89. The number of aromatic nitrogens is 2. The predicted octanol–water partition coefficient (Wildman–Crippen LogP) is 2.52. The molecule has 1 fully saturated rings. The van der Waals surface area contributed by atoms with Crippen LogP contribution in [0.2, 0.25) is 0 Å². The van der Waals surface area contributed by atoms with E-state index in [1.165, 1.54) is 12.1 Å². The summed E-state index contributed by atoms with van der Waals surface area (Å²) in [5.74, 6) is -1.58. The summed E-state index contributed by atoms with van der Waals surface area (Å²) in [5.41, 5.74) is 0.335. The Morgan fingerprint density at radius 3 is 2.70 bits per heavy atom. The largest absolute Gasteiger partial charge is 0.342 e. The summed E-state index contributed by atoms with van der Waals surface area (Å²) in [6.45, 7) is 5.43. The number of rotatable bonds is 3. The molecule has 158 valence electrons. The summed E-state index contributed by atoms with van der Waals surface area (Å²) in [7, 11) is 0. The molecule has 8 nitrogen and oxygen atoms in total. The summed E-state index contributed by atoms with van der Waals surface area (Å²) < 4.78 is 14.1. The summed E-state index contributed by atoms with van der Waals surface area (Å²) in [5, 5.41) is 5.10. The third-order valence-electron chi connectivity index (χ3n) is 5.72. The zero-order valence-corrected chi connectivity index (χ0v) is 16.9. The lowest BCUT2D eigenvalue weighted by Crippen LogP contribution is -2.39. The number of carbonyl (C=O) groups excluding carboxylic acids is 2. The first-order chi connectivity index (χ1) is 14.3. The Morgan fingerprint density at radius 1 is 1.27 bits per heavy atom. The van der Waals surface area contributed by atoms with Crippen molar-refractivity contribution in [2.45, 2.75) is 39.0 Å². The van der Waals surface area contributed by atoms with E-state index in [1.807, 2.05) is 4.90 Å². The van der Waals surface area contributed by atoms with Crippen LogP contribution < -0.4 is 21.1 Å². The lowest BCUT2D eigenvalue weighted by Gasteiger charge is -2.31. The highest BCUT2D eigenvalue weighted by molar-refractivity contribution is 6.04. The highest BCUT2D eigenvalue weighted by Crippen LogP contribution is 2.31. The molecule has 2 aliphatic rings. The van der Waals surface area contributed by atoms with Crippen molar-refractivity contribution in [3.05, 3.63) is 45.5 Å². The number of hydrogen-bond donors (Lipinski definition) is 3. The van der Waals surface area contributed by atoms with Crippen LogP contribution in [0.5, 0.6) is 0 Å². The molecule has 1 saturated heterocycles. The second-order valence-corrected chi connectivity index (χ2v) is 8.10. The monoisotopic (exact) mass is 413 g/mol. The molecule has 1 atom stereocenters. The Bertz CT molecular complexity index is 1060. The zero-order chi connectivity index (χ0) is 21.4. The maximum Gasteiger partial charge on any atom is 0.258 e. The number of hydrogen-bond acceptors (Lipinski definition) is 5. The molecule has 3 heterocycles. The van der Waals surface area contributed by atoms with Crippen molar-refractivity contribution in [1.29, 1.82) is 0 Å². The molecular formula is C21H24FN5O3. The number of benzene rings is 1. The summed E-state index contributed by atoms with van der Waals surface area (Å²) in [6, 6.07) is 4.42. The molecule has 30 heavy (non-hydrogen) atoms. The van der Waals surface area contributed by atoms with Gasteiger partial charge in [0.2, 0.25) is 17.8 Å². The van der Waals surface area contributed by atoms with Crippen LogP contribution in [0.15, 0.2) is 23.0 Å². The van der Waals surface area contributed by atoms with Crippen molar-refractivity contribution in [2.24, 2.45) is 5.92 Å². The minimum Gasteiger partial charge on any atom is -0.342 e. The highest BCUT2D eigenvalue weighted by atomic mass is 19.1. The SMILES string of the molecule is Cc1ccc(NC(=O)[C@H]2CC(=O)Nc3nc(N4CCC(C)CC4)[nH]c(=O)c32)c(F)c1. The predicted molar refractivity (Wildman–Crippen MR) is 111 cm³/mol. The van der Waals surface area contributed by atoms with Crippen LogP contribution in [0.3, 0.4) is 0 Å². The van der Waals surface area contributed by atoms with Gasteiger partial charge in [-0.05, 0) is 43.4 Å². The van der Waals surface area contributed by atoms with Gasteiger partial charge in [-0.2, -0.15) is 4.98 Å². The molecule has 1 aromatic heterocycles. The number of carbonyl (C=O) groups is 2. The number of aryl methyl sites for hydroxylation is 1. The first kappa shape index (κ1) is 20.1. The van der Waals surface area contributed by atoms with E-state index in [0.717, 1.165) is 25.9 Å². The number of aromatic amines is 1. The fourth-order valence-corrected chi connectivity index (χ4v) is 3.89. The molecule has 3 N–H and O–H groups in total. The molecule has 1 aromatic carbocycles. The normalized spacial score (nSPS) is 19.2. The number of amides is 2. The molecule has 2 aromatic rings. The molecule has 0 radical (unpaired) electrons. The number of H-pyrrole nitrogens is 1. The Hall–Kier alpha value is -3.23. The van der Waals surface area contributed by atoms with Crippen LogP contribution in [-0.4, -0.2) is 34.9 Å². The van der Waals surface area contributed by atoms with E-state index in [4.69, 9.17) is 0 Å². The van der Waals surface area contributed by atoms with Gasteiger partial charge >= 0.3 is 0 Å². The molecule has 2 amide bonds. The number of anilines is 3. The van der Waals surface area contributed by atoms with Gasteiger partial charge in [-0.1, -0.05) is 13.0 Å². The Morgan fingerprint density at radius 2 is 2.00 bits per heavy atom. The van der Waals surface area contributed by atoms with Crippen molar-refractivity contribution in [2.75, 3.05) is 28.6 Å². The number of fused-ring (bicyclic) bond motifs is 1. The molecule has 0 spiro atoms. The molecule has 0 saturated carbocycles. The minimum atomic E-state index is -1.05. The summed E-state index contributed by atoms with van der Waals surface area (Å²) >= 11 is 0. The van der Waals surface area contributed by atoms with Crippen LogP contribution >= 0.6 is 0 Å². The molecule has 0 bridgehead atoms. The van der Waals surface area contributed by atoms with Crippen LogP contribution in [0.25, 0.3) is 0 Å². The first-order valence-corrected chi connectivity index (χ1v) is 10.1. The van der Waals surface area contributed by atoms with Crippen LogP contribution in [0.4, 0.5) is 21.8 Å². The number of nitrogens with zero attached hydrogens (tertiary/aromatic N) is 2. The average molecular weight is 413 g/mol. The standard InChI is InChI=1S/C21H24FN5O3/c1-11-5-7-27(8-6-11)21-25-18-17(20(30)26-21)13(10-16(28)24-18)19(29)23-15-4-3-12(2)9-14(15)22/h3-4,9,11,13H,5-8,10H2,1-2H3,(H,23,29)(H2,24,25,26,28,30)/t13-/m0/s1. The summed E-state index contributed by atoms with van der Waals surface area (Å²) in [4.78, 5) is 47.1. The summed E-state index contributed by atoms with van der Waals surface area (Å²) in [6.07, 6.45) is 1.76. The number of nitrogens with one attached hydrogen (secondary N) is 3. The molecule has 2 aliphatic heterocycles. The van der Waals surface area contributed by atoms with Crippen LogP contribution in [-0.2, 0) is 9.59 Å². The van der Waals surface area contributed by atoms with E-state index < -0.39 is 29.1 Å². The van der Waals surface area contributed by atoms with Gasteiger partial charge in [-0.15, -0.1) is 0 Å². The van der Waals surface area contributed by atoms with Crippen molar-refractivity contribution in [3.63, 3.8) is 0 Å². The van der Waals surface area contributed by atoms with Gasteiger partial charge in [0.05, 0.1) is 17.2 Å². The van der Waals surface area contributed by atoms with Crippen molar-refractivity contribution >= 4 is 29.3 Å². The fourth-order valence-electron chi connectivity index (χ4n) is 3.89. The van der Waals surface area contributed by atoms with E-state index >= 15 is 0 Å². The molecule has 0 aliphatic carbocycles.